The fraction of sp³-hybridized carbons (Fsp3) is 0.512. The molecule has 30 heteroatoms. The molecule has 4 saturated heterocycles. The molecule has 0 saturated carbocycles. The lowest BCUT2D eigenvalue weighted by molar-refractivity contribution is -0.186. The molecule has 8 bridgehead atoms. The number of fused-ring (bicyclic) bond motifs is 18. The quantitative estimate of drug-likeness (QED) is 0.0699. The van der Waals surface area contributed by atoms with Gasteiger partial charge in [0.25, 0.3) is 0 Å². The molecular formula is C84H101N7O21S2. The van der Waals surface area contributed by atoms with Crippen molar-refractivity contribution in [2.75, 3.05) is 108 Å². The number of ether oxygens (including phenoxy) is 14. The summed E-state index contributed by atoms with van der Waals surface area (Å²) in [6, 6.07) is 9.47. The molecule has 4 fully saturated rings. The summed E-state index contributed by atoms with van der Waals surface area (Å²) in [5, 5.41) is 53.9. The third kappa shape index (κ3) is 11.8. The highest BCUT2D eigenvalue weighted by Gasteiger charge is 2.65. The van der Waals surface area contributed by atoms with E-state index in [0.29, 0.717) is 147 Å². The summed E-state index contributed by atoms with van der Waals surface area (Å²) in [5.74, 6) is 3.96. The first-order valence-electron chi connectivity index (χ1n) is 37.2. The van der Waals surface area contributed by atoms with Crippen molar-refractivity contribution in [3.63, 3.8) is 0 Å². The Morgan fingerprint density at radius 1 is 0.526 bits per heavy atom. The van der Waals surface area contributed by atoms with Crippen molar-refractivity contribution in [1.82, 2.24) is 30.2 Å². The first kappa shape index (κ1) is 81.3. The molecule has 14 atom stereocenters. The number of thioether (sulfide) groups is 2. The predicted octanol–water partition coefficient (Wildman–Crippen LogP) is 9.91. The Bertz CT molecular complexity index is 5000. The van der Waals surface area contributed by atoms with E-state index in [9.17, 15) is 39.8 Å². The third-order valence-electron chi connectivity index (χ3n) is 25.1. The van der Waals surface area contributed by atoms with Crippen LogP contribution in [-0.2, 0) is 65.4 Å². The van der Waals surface area contributed by atoms with Crippen LogP contribution >= 0.6 is 23.5 Å². The SMILES string of the molecule is C.C.C.COc1cc2c(cc1OC)[C@@]1(CS[C@@H]3c4c(OC(C)=O)c(C)c5c(c4[C@H](COC1=O)N1C3[C@H]3c4c(cc(C)c(OC)c4O)C[C@@H]([C@@H]1C#N)N3C)OCO5)NCC2.COc1cc2c(cc1OC)[C@@]1(CS[C@@H]3c4c(OC(C)=O)c(C)c5c(c4[C@H](COC1=O)N1C3[C@H]3c4c(cc(C)c(OC)c4O)C[C@@H]([C@@H]1O)N3C)OCO5)NCC2. The Labute approximate surface area is 672 Å². The average molecular weight is 1610 g/mol. The van der Waals surface area contributed by atoms with Crippen LogP contribution in [0.2, 0.25) is 0 Å². The van der Waals surface area contributed by atoms with Gasteiger partial charge < -0.3 is 81.6 Å². The van der Waals surface area contributed by atoms with Crippen molar-refractivity contribution in [2.24, 2.45) is 0 Å². The number of piperazine rings is 2. The molecule has 6 aromatic rings. The van der Waals surface area contributed by atoms with Gasteiger partial charge in [-0.05, 0) is 136 Å². The summed E-state index contributed by atoms with van der Waals surface area (Å²) in [4.78, 5) is 64.1. The van der Waals surface area contributed by atoms with E-state index in [1.807, 2.05) is 77.0 Å². The smallest absolute Gasteiger partial charge is 0.331 e. The molecule has 6 aromatic carbocycles. The number of aromatic hydroxyl groups is 2. The summed E-state index contributed by atoms with van der Waals surface area (Å²) in [6.45, 7) is 10.8. The minimum atomic E-state index is -1.31. The van der Waals surface area contributed by atoms with Crippen LogP contribution in [0, 0.1) is 39.0 Å². The molecule has 5 N–H and O–H groups in total. The summed E-state index contributed by atoms with van der Waals surface area (Å²) in [5.41, 5.74) is 9.53. The minimum Gasteiger partial charge on any atom is -0.504 e. The van der Waals surface area contributed by atoms with Crippen molar-refractivity contribution in [3.8, 4) is 86.6 Å². The molecule has 14 aliphatic heterocycles. The van der Waals surface area contributed by atoms with Crippen LogP contribution in [0.3, 0.4) is 0 Å². The van der Waals surface area contributed by atoms with E-state index < -0.39 is 94.0 Å². The van der Waals surface area contributed by atoms with Gasteiger partial charge in [0.1, 0.15) is 37.0 Å². The van der Waals surface area contributed by atoms with E-state index in [4.69, 9.17) is 66.3 Å². The van der Waals surface area contributed by atoms with Gasteiger partial charge in [0.15, 0.2) is 80.1 Å². The largest absolute Gasteiger partial charge is 0.504 e. The highest BCUT2D eigenvalue weighted by molar-refractivity contribution is 7.99. The molecule has 14 heterocycles. The standard InChI is InChI=1S/C41H44N4O10S.C40H45N3O11S.3CH4/c1-18-10-22-11-24-25(14-42)45-26-15-52-40(48)41(23-13-28(50-6)27(49-5)12-21(23)8-9-43-41)16-56-39(33(45)32(44(24)4)29(22)34(47)35(18)51-7)31-30(26)38-37(53-17-54-38)19(2)36(31)55-20(3)46;1-17-10-21-11-23-38(46)43-24-14-51-39(47)40(22-13-26(49-6)25(48-5)12-20(22)8-9-41-40)15-55-37(31(43)30(42(23)4)27(21)32(45)33(17)50-7)29-28(24)36-35(52-16-53-36)18(2)34(29)54-19(3)44;;;/h10,12-13,24-26,32-33,39,43,47H,8-9,11,15-17H2,1-7H3;10,12-13,23-24,30-31,37-38,41,45-46H,8-9,11,14-16H2,1-7H3;3*1H4/t24-,25-,26-,32+,33?,39+,41+;23-,24-,30+,31?,37+,38-,40+;;;/m00.../s1. The van der Waals surface area contributed by atoms with Crippen molar-refractivity contribution < 1.29 is 101 Å². The maximum Gasteiger partial charge on any atom is 0.331 e. The maximum absolute atomic E-state index is 14.9. The molecule has 0 aromatic heterocycles. The number of carbonyl (C=O) groups is 4. The zero-order valence-electron chi connectivity index (χ0n) is 64.1. The van der Waals surface area contributed by atoms with Crippen molar-refractivity contribution in [2.45, 2.75) is 172 Å². The van der Waals surface area contributed by atoms with Crippen LogP contribution in [0.15, 0.2) is 36.4 Å². The summed E-state index contributed by atoms with van der Waals surface area (Å²) in [7, 11) is 13.4. The molecule has 28 nitrogen and oxygen atoms in total. The van der Waals surface area contributed by atoms with Gasteiger partial charge in [-0.15, -0.1) is 23.5 Å². The van der Waals surface area contributed by atoms with Gasteiger partial charge in [0, 0.05) is 101 Å². The molecule has 2 spiro atoms. The van der Waals surface area contributed by atoms with E-state index in [-0.39, 0.29) is 84.2 Å². The maximum atomic E-state index is 14.9. The number of methoxy groups -OCH3 is 6. The molecule has 20 rings (SSSR count). The lowest BCUT2D eigenvalue weighted by Gasteiger charge is -2.62. The lowest BCUT2D eigenvalue weighted by Crippen LogP contribution is -2.70. The zero-order valence-corrected chi connectivity index (χ0v) is 65.8. The number of phenolic OH excluding ortho intramolecular Hbond substituents is 2. The van der Waals surface area contributed by atoms with E-state index >= 15 is 0 Å². The molecule has 0 radical (unpaired) electrons. The minimum absolute atomic E-state index is 0. The molecule has 114 heavy (non-hydrogen) atoms. The van der Waals surface area contributed by atoms with Gasteiger partial charge in [-0.25, -0.2) is 9.59 Å². The number of nitriles is 1. The van der Waals surface area contributed by atoms with Gasteiger partial charge in [-0.3, -0.25) is 39.8 Å². The fourth-order valence-corrected chi connectivity index (χ4v) is 23.9. The van der Waals surface area contributed by atoms with Crippen LogP contribution in [0.25, 0.3) is 0 Å². The topological polar surface area (TPSA) is 319 Å². The number of nitrogens with one attached hydrogen (secondary N) is 2. The normalized spacial score (nSPS) is 28.1. The van der Waals surface area contributed by atoms with Crippen LogP contribution in [0.5, 0.6) is 80.5 Å². The van der Waals surface area contributed by atoms with Gasteiger partial charge >= 0.3 is 23.9 Å². The number of aliphatic hydroxyl groups excluding tert-OH is 1. The first-order chi connectivity index (χ1) is 53.4. The van der Waals surface area contributed by atoms with Gasteiger partial charge in [-0.2, -0.15) is 5.26 Å². The van der Waals surface area contributed by atoms with Crippen molar-refractivity contribution in [1.29, 1.82) is 5.26 Å². The highest BCUT2D eigenvalue weighted by Crippen LogP contribution is 2.68. The number of hydrogen-bond donors (Lipinski definition) is 5. The predicted molar refractivity (Wildman–Crippen MR) is 423 cm³/mol. The van der Waals surface area contributed by atoms with Crippen LogP contribution in [0.4, 0.5) is 0 Å². The number of aliphatic hydroxyl groups is 1. The number of phenols is 2. The average Bonchev–Trinajstić information content (AvgIpc) is 1.53. The number of benzene rings is 6. The van der Waals surface area contributed by atoms with Crippen LogP contribution in [-0.4, -0.2) is 203 Å². The fourth-order valence-electron chi connectivity index (χ4n) is 20.5. The first-order valence-corrected chi connectivity index (χ1v) is 39.3. The number of aryl methyl sites for hydroxylation is 2. The molecular weight excluding hydrogens is 1510 g/mol. The van der Waals surface area contributed by atoms with E-state index in [1.54, 1.807) is 42.7 Å². The Hall–Kier alpha value is -9.29. The van der Waals surface area contributed by atoms with Crippen LogP contribution < -0.4 is 67.5 Å². The van der Waals surface area contributed by atoms with E-state index in [1.165, 1.54) is 37.4 Å². The second kappa shape index (κ2) is 30.4. The third-order valence-corrected chi connectivity index (χ3v) is 28.1. The number of carbonyl (C=O) groups excluding carboxylic acids is 4. The number of nitrogens with zero attached hydrogens (tertiary/aromatic N) is 5. The molecule has 0 aliphatic carbocycles. The van der Waals surface area contributed by atoms with Crippen LogP contribution in [0.1, 0.15) is 160 Å². The Kier molecular flexibility index (Phi) is 21.7. The Balaban J connectivity index is 0.000000184. The molecule has 2 unspecified atom stereocenters. The number of hydrogen-bond acceptors (Lipinski definition) is 30. The van der Waals surface area contributed by atoms with Crippen molar-refractivity contribution in [3.05, 3.63) is 125 Å². The van der Waals surface area contributed by atoms with Gasteiger partial charge in [-0.1, -0.05) is 34.4 Å². The molecule has 610 valence electrons. The monoisotopic (exact) mass is 1610 g/mol. The summed E-state index contributed by atoms with van der Waals surface area (Å²) in [6.07, 6.45) is 1.23. The second-order valence-electron chi connectivity index (χ2n) is 30.4. The van der Waals surface area contributed by atoms with Gasteiger partial charge in [0.05, 0.1) is 89.4 Å². The number of rotatable bonds is 8. The summed E-state index contributed by atoms with van der Waals surface area (Å²) >= 11 is 3.02. The second-order valence-corrected chi connectivity index (χ2v) is 32.6. The van der Waals surface area contributed by atoms with Crippen molar-refractivity contribution >= 4 is 47.4 Å². The van der Waals surface area contributed by atoms with Gasteiger partial charge in [0.2, 0.25) is 13.6 Å². The summed E-state index contributed by atoms with van der Waals surface area (Å²) < 4.78 is 84.0. The molecule has 14 aliphatic rings. The Morgan fingerprint density at radius 2 is 0.921 bits per heavy atom. The van der Waals surface area contributed by atoms with E-state index in [0.717, 1.165) is 50.1 Å². The highest BCUT2D eigenvalue weighted by atomic mass is 32.2. The zero-order chi connectivity index (χ0) is 78.0. The number of esters is 4. The van der Waals surface area contributed by atoms with E-state index in [2.05, 4.69) is 37.5 Å². The Morgan fingerprint density at radius 3 is 1.33 bits per heavy atom. The molecule has 0 amide bonds. The number of likely N-dealkylation sites (N-methyl/N-ethyl adjacent to an activating group) is 2. The lowest BCUT2D eigenvalue weighted by atomic mass is 9.71.